The number of allylic oxidation sites excluding steroid dienone is 1. The fourth-order valence-electron chi connectivity index (χ4n) is 2.64. The van der Waals surface area contributed by atoms with E-state index in [9.17, 15) is 4.39 Å². The third-order valence-electron chi connectivity index (χ3n) is 3.78. The molecule has 3 heteroatoms. The van der Waals surface area contributed by atoms with Gasteiger partial charge in [0.25, 0.3) is 0 Å². The third-order valence-corrected chi connectivity index (χ3v) is 4.52. The van der Waals surface area contributed by atoms with E-state index >= 15 is 0 Å². The van der Waals surface area contributed by atoms with E-state index in [0.29, 0.717) is 6.04 Å². The maximum atomic E-state index is 13.1. The van der Waals surface area contributed by atoms with Gasteiger partial charge in [-0.15, -0.1) is 0 Å². The minimum atomic E-state index is -0.188. The van der Waals surface area contributed by atoms with Crippen LogP contribution in [0.25, 0.3) is 0 Å². The second-order valence-corrected chi connectivity index (χ2v) is 6.09. The van der Waals surface area contributed by atoms with Crippen LogP contribution < -0.4 is 5.32 Å². The zero-order chi connectivity index (χ0) is 13.7. The molecule has 0 amide bonds. The molecule has 0 saturated carbocycles. The van der Waals surface area contributed by atoms with Crippen molar-refractivity contribution in [1.82, 2.24) is 5.32 Å². The summed E-state index contributed by atoms with van der Waals surface area (Å²) < 4.78 is 14.0. The van der Waals surface area contributed by atoms with Crippen molar-refractivity contribution < 1.29 is 4.39 Å². The Kier molecular flexibility index (Phi) is 5.59. The molecule has 0 spiro atoms. The summed E-state index contributed by atoms with van der Waals surface area (Å²) in [4.78, 5) is 0. The molecule has 19 heavy (non-hydrogen) atoms. The third kappa shape index (κ3) is 4.43. The van der Waals surface area contributed by atoms with Crippen molar-refractivity contribution in [3.63, 3.8) is 0 Å². The predicted molar refractivity (Wildman–Crippen MR) is 81.8 cm³/mol. The van der Waals surface area contributed by atoms with Gasteiger partial charge in [-0.05, 0) is 63.3 Å². The molecule has 0 bridgehead atoms. The van der Waals surface area contributed by atoms with Crippen LogP contribution in [0.15, 0.2) is 34.3 Å². The van der Waals surface area contributed by atoms with Gasteiger partial charge in [0, 0.05) is 10.5 Å². The van der Waals surface area contributed by atoms with Gasteiger partial charge in [-0.3, -0.25) is 0 Å². The standard InChI is InChI=1S/C16H21BrFN/c1-19-15(9-12-5-3-2-4-6-12)10-13-7-8-14(18)11-16(13)17/h5,7-8,11,15,19H,2-4,6,9-10H2,1H3. The lowest BCUT2D eigenvalue weighted by Crippen LogP contribution is -2.28. The van der Waals surface area contributed by atoms with Gasteiger partial charge in [-0.1, -0.05) is 33.6 Å². The summed E-state index contributed by atoms with van der Waals surface area (Å²) in [6.45, 7) is 0. The highest BCUT2D eigenvalue weighted by Gasteiger charge is 2.13. The van der Waals surface area contributed by atoms with Crippen LogP contribution in [0.4, 0.5) is 4.39 Å². The maximum absolute atomic E-state index is 13.1. The Morgan fingerprint density at radius 3 is 2.79 bits per heavy atom. The summed E-state index contributed by atoms with van der Waals surface area (Å²) >= 11 is 3.45. The van der Waals surface area contributed by atoms with E-state index in [1.54, 1.807) is 11.6 Å². The van der Waals surface area contributed by atoms with Gasteiger partial charge >= 0.3 is 0 Å². The summed E-state index contributed by atoms with van der Waals surface area (Å²) in [6, 6.07) is 5.37. The molecular formula is C16H21BrFN. The summed E-state index contributed by atoms with van der Waals surface area (Å²) in [6.07, 6.45) is 9.54. The molecule has 1 aromatic carbocycles. The quantitative estimate of drug-likeness (QED) is 0.779. The Hall–Kier alpha value is -0.670. The van der Waals surface area contributed by atoms with Crippen molar-refractivity contribution in [2.75, 3.05) is 7.05 Å². The molecule has 1 aromatic rings. The average Bonchev–Trinajstić information content (AvgIpc) is 2.42. The summed E-state index contributed by atoms with van der Waals surface area (Å²) in [5.41, 5.74) is 2.74. The highest BCUT2D eigenvalue weighted by molar-refractivity contribution is 9.10. The highest BCUT2D eigenvalue weighted by Crippen LogP contribution is 2.24. The van der Waals surface area contributed by atoms with Gasteiger partial charge in [-0.25, -0.2) is 4.39 Å². The Morgan fingerprint density at radius 1 is 1.32 bits per heavy atom. The number of likely N-dealkylation sites (N-methyl/N-ethyl adjacent to an activating group) is 1. The van der Waals surface area contributed by atoms with Crippen LogP contribution in [-0.4, -0.2) is 13.1 Å². The fourth-order valence-corrected chi connectivity index (χ4v) is 3.15. The van der Waals surface area contributed by atoms with Crippen molar-refractivity contribution in [3.05, 3.63) is 45.7 Å². The van der Waals surface area contributed by atoms with Crippen LogP contribution in [0, 0.1) is 5.82 Å². The first kappa shape index (κ1) is 14.7. The first-order valence-electron chi connectivity index (χ1n) is 6.98. The van der Waals surface area contributed by atoms with Crippen molar-refractivity contribution in [2.45, 2.75) is 44.6 Å². The number of rotatable bonds is 5. The molecule has 104 valence electrons. The van der Waals surface area contributed by atoms with Crippen LogP contribution in [0.3, 0.4) is 0 Å². The van der Waals surface area contributed by atoms with Crippen molar-refractivity contribution in [1.29, 1.82) is 0 Å². The number of halogens is 2. The molecular weight excluding hydrogens is 305 g/mol. The smallest absolute Gasteiger partial charge is 0.124 e. The molecule has 1 nitrogen and oxygen atoms in total. The van der Waals surface area contributed by atoms with Crippen LogP contribution in [0.1, 0.15) is 37.7 Å². The van der Waals surface area contributed by atoms with E-state index in [2.05, 4.69) is 27.3 Å². The number of benzene rings is 1. The lowest BCUT2D eigenvalue weighted by molar-refractivity contribution is 0.531. The minimum absolute atomic E-state index is 0.188. The molecule has 0 radical (unpaired) electrons. The van der Waals surface area contributed by atoms with E-state index in [-0.39, 0.29) is 5.82 Å². The zero-order valence-electron chi connectivity index (χ0n) is 11.4. The van der Waals surface area contributed by atoms with Gasteiger partial charge in [-0.2, -0.15) is 0 Å². The van der Waals surface area contributed by atoms with Gasteiger partial charge in [0.05, 0.1) is 0 Å². The molecule has 1 atom stereocenters. The molecule has 0 aromatic heterocycles. The lowest BCUT2D eigenvalue weighted by Gasteiger charge is -2.21. The number of nitrogens with one attached hydrogen (secondary N) is 1. The minimum Gasteiger partial charge on any atom is -0.316 e. The summed E-state index contributed by atoms with van der Waals surface area (Å²) in [5.74, 6) is -0.188. The zero-order valence-corrected chi connectivity index (χ0v) is 13.0. The molecule has 0 aliphatic heterocycles. The largest absolute Gasteiger partial charge is 0.316 e. The SMILES string of the molecule is CNC(CC1=CCCCC1)Cc1ccc(F)cc1Br. The highest BCUT2D eigenvalue weighted by atomic mass is 79.9. The van der Waals surface area contributed by atoms with Crippen molar-refractivity contribution >= 4 is 15.9 Å². The molecule has 1 aliphatic rings. The Labute approximate surface area is 123 Å². The topological polar surface area (TPSA) is 12.0 Å². The summed E-state index contributed by atoms with van der Waals surface area (Å²) in [7, 11) is 2.01. The van der Waals surface area contributed by atoms with Crippen LogP contribution >= 0.6 is 15.9 Å². The Morgan fingerprint density at radius 2 is 2.16 bits per heavy atom. The molecule has 0 heterocycles. The second-order valence-electron chi connectivity index (χ2n) is 5.24. The number of hydrogen-bond donors (Lipinski definition) is 1. The normalized spacial score (nSPS) is 17.1. The molecule has 1 unspecified atom stereocenters. The van der Waals surface area contributed by atoms with E-state index in [0.717, 1.165) is 22.9 Å². The molecule has 1 aliphatic carbocycles. The van der Waals surface area contributed by atoms with E-state index in [1.165, 1.54) is 31.7 Å². The molecule has 2 rings (SSSR count). The maximum Gasteiger partial charge on any atom is 0.124 e. The first-order chi connectivity index (χ1) is 9.19. The van der Waals surface area contributed by atoms with E-state index in [4.69, 9.17) is 0 Å². The van der Waals surface area contributed by atoms with Crippen LogP contribution in [-0.2, 0) is 6.42 Å². The van der Waals surface area contributed by atoms with Crippen LogP contribution in [0.2, 0.25) is 0 Å². The van der Waals surface area contributed by atoms with Gasteiger partial charge in [0.1, 0.15) is 5.82 Å². The van der Waals surface area contributed by atoms with Gasteiger partial charge in [0.2, 0.25) is 0 Å². The lowest BCUT2D eigenvalue weighted by atomic mass is 9.92. The van der Waals surface area contributed by atoms with E-state index < -0.39 is 0 Å². The molecule has 0 fully saturated rings. The first-order valence-corrected chi connectivity index (χ1v) is 7.77. The summed E-state index contributed by atoms with van der Waals surface area (Å²) in [5, 5.41) is 3.38. The average molecular weight is 326 g/mol. The van der Waals surface area contributed by atoms with Crippen molar-refractivity contribution in [3.8, 4) is 0 Å². The van der Waals surface area contributed by atoms with Gasteiger partial charge in [0.15, 0.2) is 0 Å². The predicted octanol–water partition coefficient (Wildman–Crippen LogP) is 4.61. The molecule has 0 saturated heterocycles. The second kappa shape index (κ2) is 7.20. The van der Waals surface area contributed by atoms with Crippen LogP contribution in [0.5, 0.6) is 0 Å². The monoisotopic (exact) mass is 325 g/mol. The van der Waals surface area contributed by atoms with Crippen molar-refractivity contribution in [2.24, 2.45) is 0 Å². The fraction of sp³-hybridized carbons (Fsp3) is 0.500. The van der Waals surface area contributed by atoms with E-state index in [1.807, 2.05) is 13.1 Å². The Balaban J connectivity index is 2.00. The van der Waals surface area contributed by atoms with Gasteiger partial charge < -0.3 is 5.32 Å². The molecule has 1 N–H and O–H groups in total. The number of hydrogen-bond acceptors (Lipinski definition) is 1. The Bertz CT molecular complexity index is 456.